The van der Waals surface area contributed by atoms with Crippen molar-refractivity contribution in [1.82, 2.24) is 0 Å². The summed E-state index contributed by atoms with van der Waals surface area (Å²) in [6, 6.07) is 0. The summed E-state index contributed by atoms with van der Waals surface area (Å²) < 4.78 is 5.23. The maximum atomic E-state index is 8.90. The van der Waals surface area contributed by atoms with E-state index in [-0.39, 0.29) is 12.3 Å². The number of aliphatic hydroxyl groups excluding tert-OH is 1. The quantitative estimate of drug-likeness (QED) is 0.254. The third-order valence-electron chi connectivity index (χ3n) is 4.59. The van der Waals surface area contributed by atoms with Gasteiger partial charge >= 0.3 is 5.95 Å². The van der Waals surface area contributed by atoms with Crippen molar-refractivity contribution in [3.8, 4) is 0 Å². The Labute approximate surface area is 153 Å². The largest absolute Gasteiger partial charge is 0.480 e. The molecule has 25 heavy (non-hydrogen) atoms. The molecular weight excluding hydrogens is 314 g/mol. The maximum Gasteiger partial charge on any atom is 0.300 e. The lowest BCUT2D eigenvalue weighted by Crippen LogP contribution is -1.93. The van der Waals surface area contributed by atoms with Crippen LogP contribution in [0.5, 0.6) is 0 Å². The van der Waals surface area contributed by atoms with Crippen LogP contribution >= 0.6 is 0 Å². The molecule has 0 fully saturated rings. The predicted molar refractivity (Wildman–Crippen MR) is 105 cm³/mol. The highest BCUT2D eigenvalue weighted by molar-refractivity contribution is 5.89. The lowest BCUT2D eigenvalue weighted by Gasteiger charge is -2.02. The van der Waals surface area contributed by atoms with Crippen LogP contribution in [0.25, 0.3) is 0 Å². The first-order valence-electron chi connectivity index (χ1n) is 10.2. The van der Waals surface area contributed by atoms with Crippen molar-refractivity contribution in [3.63, 3.8) is 0 Å². The number of allylic oxidation sites excluding steroid dienone is 1. The molecule has 2 N–H and O–H groups in total. The van der Waals surface area contributed by atoms with E-state index >= 15 is 0 Å². The average molecular weight is 352 g/mol. The lowest BCUT2D eigenvalue weighted by molar-refractivity contribution is 0.180. The summed E-state index contributed by atoms with van der Waals surface area (Å²) in [6.07, 6.45) is 22.7. The molecule has 0 saturated carbocycles. The second-order valence-corrected chi connectivity index (χ2v) is 6.94. The maximum absolute atomic E-state index is 8.90. The van der Waals surface area contributed by atoms with Gasteiger partial charge in [0.1, 0.15) is 6.61 Å². The van der Waals surface area contributed by atoms with Crippen molar-refractivity contribution >= 4 is 5.90 Å². The molecule has 0 unspecified atom stereocenters. The van der Waals surface area contributed by atoms with Crippen molar-refractivity contribution in [2.75, 3.05) is 6.61 Å². The second-order valence-electron chi connectivity index (χ2n) is 6.94. The second kappa shape index (κ2) is 14.9. The summed E-state index contributed by atoms with van der Waals surface area (Å²) in [7, 11) is 0. The monoisotopic (exact) mass is 351 g/mol. The first kappa shape index (κ1) is 21.6. The third kappa shape index (κ3) is 11.7. The van der Waals surface area contributed by atoms with Gasteiger partial charge in [0.25, 0.3) is 0 Å². The van der Waals surface area contributed by atoms with Crippen LogP contribution in [0, 0.1) is 0 Å². The van der Waals surface area contributed by atoms with Crippen LogP contribution in [0.4, 0.5) is 0 Å². The molecule has 1 rings (SSSR count). The molecule has 0 amide bonds. The van der Waals surface area contributed by atoms with Gasteiger partial charge in [0.2, 0.25) is 5.90 Å². The Balaban J connectivity index is 1.84. The molecule has 144 valence electrons. The van der Waals surface area contributed by atoms with Crippen molar-refractivity contribution in [2.45, 2.75) is 96.8 Å². The van der Waals surface area contributed by atoms with Crippen LogP contribution < -0.4 is 0 Å². The van der Waals surface area contributed by atoms with E-state index in [1.54, 1.807) is 0 Å². The number of aliphatic imine (C=N–C) groups is 1. The van der Waals surface area contributed by atoms with E-state index < -0.39 is 5.95 Å². The average Bonchev–Trinajstić information content (AvgIpc) is 3.07. The van der Waals surface area contributed by atoms with Crippen LogP contribution in [-0.2, 0) is 4.74 Å². The number of nitrogens with zero attached hydrogens (tertiary/aromatic N) is 1. The first-order valence-corrected chi connectivity index (χ1v) is 10.2. The van der Waals surface area contributed by atoms with Crippen molar-refractivity contribution in [2.24, 2.45) is 4.99 Å². The van der Waals surface area contributed by atoms with Crippen molar-refractivity contribution < 1.29 is 14.9 Å². The summed E-state index contributed by atoms with van der Waals surface area (Å²) in [5, 5.41) is 17.8. The van der Waals surface area contributed by atoms with Gasteiger partial charge in [-0.05, 0) is 18.9 Å². The van der Waals surface area contributed by atoms with Gasteiger partial charge in [-0.2, -0.15) is 0 Å². The molecule has 0 bridgehead atoms. The van der Waals surface area contributed by atoms with Gasteiger partial charge in [0.15, 0.2) is 5.70 Å². The fraction of sp³-hybridized carbons (Fsp3) is 0.762. The van der Waals surface area contributed by atoms with Crippen LogP contribution in [0.2, 0.25) is 0 Å². The Morgan fingerprint density at radius 1 is 0.880 bits per heavy atom. The molecule has 0 atom stereocenters. The Morgan fingerprint density at radius 2 is 1.40 bits per heavy atom. The number of hydrogen-bond acceptors (Lipinski definition) is 4. The topological polar surface area (TPSA) is 62.1 Å². The van der Waals surface area contributed by atoms with E-state index in [1.165, 1.54) is 83.5 Å². The zero-order valence-corrected chi connectivity index (χ0v) is 16.0. The van der Waals surface area contributed by atoms with Crippen LogP contribution in [0.3, 0.4) is 0 Å². The van der Waals surface area contributed by atoms with Gasteiger partial charge in [-0.15, -0.1) is 0 Å². The highest BCUT2D eigenvalue weighted by atomic mass is 16.5. The summed E-state index contributed by atoms with van der Waals surface area (Å²) in [6.45, 7) is 2.41. The molecular formula is C21H37NO3. The van der Waals surface area contributed by atoms with E-state index in [1.807, 2.05) is 6.08 Å². The van der Waals surface area contributed by atoms with Crippen molar-refractivity contribution in [3.05, 3.63) is 23.8 Å². The fourth-order valence-electron chi connectivity index (χ4n) is 3.00. The third-order valence-corrected chi connectivity index (χ3v) is 4.59. The van der Waals surface area contributed by atoms with Crippen LogP contribution in [0.15, 0.2) is 28.8 Å². The van der Waals surface area contributed by atoms with E-state index in [0.717, 1.165) is 6.42 Å². The fourth-order valence-corrected chi connectivity index (χ4v) is 3.00. The van der Waals surface area contributed by atoms with Crippen LogP contribution in [0.1, 0.15) is 96.8 Å². The van der Waals surface area contributed by atoms with E-state index in [0.29, 0.717) is 5.90 Å². The normalized spacial score (nSPS) is 14.1. The zero-order chi connectivity index (χ0) is 18.2. The number of ether oxygens (including phenoxy) is 1. The van der Waals surface area contributed by atoms with Crippen LogP contribution in [-0.4, -0.2) is 22.7 Å². The summed E-state index contributed by atoms with van der Waals surface area (Å²) in [5.74, 6) is -0.287. The molecule has 0 spiro atoms. The molecule has 0 saturated heterocycles. The van der Waals surface area contributed by atoms with Gasteiger partial charge in [0.05, 0.1) is 0 Å². The highest BCUT2D eigenvalue weighted by Gasteiger charge is 2.13. The highest BCUT2D eigenvalue weighted by Crippen LogP contribution is 2.14. The number of hydrogen-bond donors (Lipinski definition) is 2. The standard InChI is InChI=1S/C21H37NO3/c1-2-3-4-5-6-7-8-9-10-11-12-13-14-15-16-17-20-22-19(18-25-20)21(23)24/h16-17,23-24H,2-15,18H2,1H3. The number of rotatable bonds is 15. The van der Waals surface area contributed by atoms with Gasteiger partial charge < -0.3 is 14.9 Å². The van der Waals surface area contributed by atoms with Gasteiger partial charge in [-0.25, -0.2) is 4.99 Å². The molecule has 0 aromatic rings. The molecule has 0 aromatic heterocycles. The minimum Gasteiger partial charge on any atom is -0.480 e. The summed E-state index contributed by atoms with van der Waals surface area (Å²) >= 11 is 0. The molecule has 0 aliphatic carbocycles. The lowest BCUT2D eigenvalue weighted by atomic mass is 10.0. The Morgan fingerprint density at radius 3 is 1.88 bits per heavy atom. The molecule has 0 aromatic carbocycles. The minimum absolute atomic E-state index is 0.140. The Bertz CT molecular complexity index is 423. The summed E-state index contributed by atoms with van der Waals surface area (Å²) in [5.41, 5.74) is 0.195. The molecule has 0 radical (unpaired) electrons. The summed E-state index contributed by atoms with van der Waals surface area (Å²) in [4.78, 5) is 3.98. The van der Waals surface area contributed by atoms with Gasteiger partial charge in [-0.3, -0.25) is 0 Å². The van der Waals surface area contributed by atoms with Gasteiger partial charge in [-0.1, -0.05) is 90.0 Å². The number of unbranched alkanes of at least 4 members (excludes halogenated alkanes) is 13. The predicted octanol–water partition coefficient (Wildman–Crippen LogP) is 6.74. The number of aliphatic hydroxyl groups is 2. The van der Waals surface area contributed by atoms with Crippen molar-refractivity contribution in [1.29, 1.82) is 0 Å². The molecule has 1 heterocycles. The zero-order valence-electron chi connectivity index (χ0n) is 16.0. The minimum atomic E-state index is -0.750. The van der Waals surface area contributed by atoms with E-state index in [4.69, 9.17) is 14.9 Å². The Kier molecular flexibility index (Phi) is 12.8. The molecule has 1 aliphatic heterocycles. The molecule has 4 nitrogen and oxygen atoms in total. The smallest absolute Gasteiger partial charge is 0.300 e. The SMILES string of the molecule is CCCCCCCCCCCCCCCC=CC1=NC(=C(O)O)CO1. The first-order chi connectivity index (χ1) is 12.2. The van der Waals surface area contributed by atoms with E-state index in [9.17, 15) is 0 Å². The van der Waals surface area contributed by atoms with E-state index in [2.05, 4.69) is 18.0 Å². The molecule has 1 aliphatic rings. The Hall–Kier alpha value is -1.45. The van der Waals surface area contributed by atoms with Gasteiger partial charge in [0, 0.05) is 0 Å². The molecule has 4 heteroatoms.